The molecule has 0 unspecified atom stereocenters. The van der Waals surface area contributed by atoms with E-state index in [0.717, 1.165) is 0 Å². The van der Waals surface area contributed by atoms with Crippen LogP contribution in [0.3, 0.4) is 0 Å². The summed E-state index contributed by atoms with van der Waals surface area (Å²) < 4.78 is 26.0. The van der Waals surface area contributed by atoms with Gasteiger partial charge in [-0.2, -0.15) is 0 Å². The lowest BCUT2D eigenvalue weighted by Crippen LogP contribution is -2.28. The molecule has 104 valence electrons. The van der Waals surface area contributed by atoms with Crippen LogP contribution in [-0.4, -0.2) is 20.9 Å². The maximum absolute atomic E-state index is 11.8. The molecular formula is C11H14ClN3O3S. The number of benzene rings is 1. The minimum atomic E-state index is -3.55. The highest BCUT2D eigenvalue weighted by atomic mass is 35.5. The third-order valence-electron chi connectivity index (χ3n) is 2.14. The molecule has 0 aromatic heterocycles. The van der Waals surface area contributed by atoms with Crippen molar-refractivity contribution < 1.29 is 13.2 Å². The van der Waals surface area contributed by atoms with Gasteiger partial charge in [0, 0.05) is 17.6 Å². The lowest BCUT2D eigenvalue weighted by molar-refractivity contribution is -0.116. The number of amides is 1. The van der Waals surface area contributed by atoms with Crippen molar-refractivity contribution >= 4 is 27.5 Å². The molecule has 1 aromatic carbocycles. The van der Waals surface area contributed by atoms with E-state index in [4.69, 9.17) is 17.4 Å². The number of nitrogens with one attached hydrogen (secondary N) is 2. The van der Waals surface area contributed by atoms with Crippen molar-refractivity contribution in [3.05, 3.63) is 41.4 Å². The zero-order valence-corrected chi connectivity index (χ0v) is 11.5. The van der Waals surface area contributed by atoms with Crippen LogP contribution in [0.2, 0.25) is 5.02 Å². The van der Waals surface area contributed by atoms with Gasteiger partial charge in [-0.3, -0.25) is 10.2 Å². The number of hydrogen-bond acceptors (Lipinski definition) is 4. The molecule has 0 saturated carbocycles. The van der Waals surface area contributed by atoms with E-state index in [9.17, 15) is 13.2 Å². The Kier molecular flexibility index (Phi) is 5.97. The number of carbonyl (C=O) groups excluding carboxylic acids is 1. The highest BCUT2D eigenvalue weighted by molar-refractivity contribution is 7.89. The van der Waals surface area contributed by atoms with Crippen LogP contribution >= 0.6 is 11.6 Å². The van der Waals surface area contributed by atoms with Gasteiger partial charge in [0.25, 0.3) is 5.91 Å². The Hall–Kier alpha value is -1.41. The van der Waals surface area contributed by atoms with Gasteiger partial charge in [-0.15, -0.1) is 0 Å². The summed E-state index contributed by atoms with van der Waals surface area (Å²) in [6, 6.07) is 5.84. The lowest BCUT2D eigenvalue weighted by atomic mass is 10.4. The van der Waals surface area contributed by atoms with Gasteiger partial charge in [-0.05, 0) is 30.7 Å². The molecule has 6 nitrogen and oxygen atoms in total. The monoisotopic (exact) mass is 303 g/mol. The standard InChI is InChI=1S/C11H14ClN3O3S/c12-9-4-6-10(7-5-9)19(17,18)14-8-2-1-3-11(16)15-13/h1,3-7,14H,2,8,13H2,(H,15,16). The number of hydrogen-bond donors (Lipinski definition) is 3. The smallest absolute Gasteiger partial charge is 0.257 e. The minimum Gasteiger partial charge on any atom is -0.291 e. The SMILES string of the molecule is NNC(=O)C=CCCNS(=O)(=O)c1ccc(Cl)cc1. The quantitative estimate of drug-likeness (QED) is 0.235. The van der Waals surface area contributed by atoms with E-state index in [1.807, 2.05) is 5.43 Å². The van der Waals surface area contributed by atoms with Gasteiger partial charge >= 0.3 is 0 Å². The van der Waals surface area contributed by atoms with Gasteiger partial charge in [-0.1, -0.05) is 17.7 Å². The molecule has 0 radical (unpaired) electrons. The Morgan fingerprint density at radius 3 is 2.53 bits per heavy atom. The maximum Gasteiger partial charge on any atom is 0.257 e. The Labute approximate surface area is 116 Å². The number of carbonyl (C=O) groups is 1. The first kappa shape index (κ1) is 15.6. The predicted molar refractivity (Wildman–Crippen MR) is 72.7 cm³/mol. The molecule has 1 amide bonds. The molecular weight excluding hydrogens is 290 g/mol. The molecule has 1 aromatic rings. The van der Waals surface area contributed by atoms with Crippen molar-refractivity contribution in [1.82, 2.24) is 10.1 Å². The molecule has 0 atom stereocenters. The Morgan fingerprint density at radius 2 is 1.95 bits per heavy atom. The van der Waals surface area contributed by atoms with Gasteiger partial charge < -0.3 is 0 Å². The second kappa shape index (κ2) is 7.25. The lowest BCUT2D eigenvalue weighted by Gasteiger charge is -2.05. The molecule has 0 aliphatic carbocycles. The van der Waals surface area contributed by atoms with E-state index in [2.05, 4.69) is 4.72 Å². The van der Waals surface area contributed by atoms with E-state index in [0.29, 0.717) is 11.4 Å². The Bertz CT molecular complexity index is 555. The number of nitrogens with two attached hydrogens (primary N) is 1. The van der Waals surface area contributed by atoms with Crippen LogP contribution in [0.25, 0.3) is 0 Å². The van der Waals surface area contributed by atoms with Crippen LogP contribution in [0, 0.1) is 0 Å². The van der Waals surface area contributed by atoms with Gasteiger partial charge in [0.2, 0.25) is 10.0 Å². The molecule has 0 spiro atoms. The third-order valence-corrected chi connectivity index (χ3v) is 3.87. The van der Waals surface area contributed by atoms with Crippen molar-refractivity contribution in [2.24, 2.45) is 5.84 Å². The van der Waals surface area contributed by atoms with E-state index in [1.54, 1.807) is 0 Å². The number of hydrazine groups is 1. The average Bonchev–Trinajstić information content (AvgIpc) is 2.38. The van der Waals surface area contributed by atoms with E-state index < -0.39 is 15.9 Å². The zero-order chi connectivity index (χ0) is 14.3. The first-order chi connectivity index (χ1) is 8.95. The van der Waals surface area contributed by atoms with Gasteiger partial charge in [0.15, 0.2) is 0 Å². The van der Waals surface area contributed by atoms with Crippen molar-refractivity contribution in [2.45, 2.75) is 11.3 Å². The van der Waals surface area contributed by atoms with Crippen molar-refractivity contribution in [2.75, 3.05) is 6.54 Å². The first-order valence-electron chi connectivity index (χ1n) is 5.38. The second-order valence-corrected chi connectivity index (χ2v) is 5.75. The van der Waals surface area contributed by atoms with Gasteiger partial charge in [0.05, 0.1) is 4.90 Å². The Morgan fingerprint density at radius 1 is 1.32 bits per heavy atom. The molecule has 0 fully saturated rings. The maximum atomic E-state index is 11.8. The van der Waals surface area contributed by atoms with E-state index >= 15 is 0 Å². The molecule has 0 aliphatic heterocycles. The number of rotatable bonds is 6. The van der Waals surface area contributed by atoms with Crippen LogP contribution in [0.15, 0.2) is 41.3 Å². The van der Waals surface area contributed by atoms with Crippen LogP contribution in [-0.2, 0) is 14.8 Å². The summed E-state index contributed by atoms with van der Waals surface area (Å²) in [5.41, 5.74) is 1.93. The molecule has 0 heterocycles. The largest absolute Gasteiger partial charge is 0.291 e. The molecule has 4 N–H and O–H groups in total. The van der Waals surface area contributed by atoms with Crippen LogP contribution in [0.5, 0.6) is 0 Å². The molecule has 1 rings (SSSR count). The van der Waals surface area contributed by atoms with Gasteiger partial charge in [0.1, 0.15) is 0 Å². The molecule has 0 aliphatic rings. The Balaban J connectivity index is 2.50. The highest BCUT2D eigenvalue weighted by Crippen LogP contribution is 2.13. The summed E-state index contributed by atoms with van der Waals surface area (Å²) >= 11 is 5.68. The van der Waals surface area contributed by atoms with Crippen LogP contribution < -0.4 is 16.0 Å². The average molecular weight is 304 g/mol. The van der Waals surface area contributed by atoms with Crippen LogP contribution in [0.4, 0.5) is 0 Å². The molecule has 0 bridgehead atoms. The van der Waals surface area contributed by atoms with E-state index in [-0.39, 0.29) is 11.4 Å². The zero-order valence-electron chi connectivity index (χ0n) is 9.97. The normalized spacial score (nSPS) is 11.7. The third kappa shape index (κ3) is 5.39. The fourth-order valence-electron chi connectivity index (χ4n) is 1.21. The summed E-state index contributed by atoms with van der Waals surface area (Å²) in [5.74, 6) is 4.43. The summed E-state index contributed by atoms with van der Waals surface area (Å²) in [7, 11) is -3.55. The van der Waals surface area contributed by atoms with Gasteiger partial charge in [-0.25, -0.2) is 19.0 Å². The summed E-state index contributed by atoms with van der Waals surface area (Å²) in [5, 5.41) is 0.467. The summed E-state index contributed by atoms with van der Waals surface area (Å²) in [4.78, 5) is 10.9. The molecule has 8 heteroatoms. The topological polar surface area (TPSA) is 101 Å². The van der Waals surface area contributed by atoms with Crippen molar-refractivity contribution in [3.8, 4) is 0 Å². The number of halogens is 1. The molecule has 19 heavy (non-hydrogen) atoms. The van der Waals surface area contributed by atoms with Crippen molar-refractivity contribution in [1.29, 1.82) is 0 Å². The second-order valence-electron chi connectivity index (χ2n) is 3.55. The van der Waals surface area contributed by atoms with Crippen LogP contribution in [0.1, 0.15) is 6.42 Å². The fourth-order valence-corrected chi connectivity index (χ4v) is 2.39. The van der Waals surface area contributed by atoms with Crippen molar-refractivity contribution in [3.63, 3.8) is 0 Å². The predicted octanol–water partition coefficient (Wildman–Crippen LogP) is 0.554. The number of sulfonamides is 1. The van der Waals surface area contributed by atoms with E-state index in [1.165, 1.54) is 36.4 Å². The molecule has 0 saturated heterocycles. The fraction of sp³-hybridized carbons (Fsp3) is 0.182. The summed E-state index contributed by atoms with van der Waals surface area (Å²) in [6.45, 7) is 0.180. The minimum absolute atomic E-state index is 0.139. The highest BCUT2D eigenvalue weighted by Gasteiger charge is 2.12. The summed E-state index contributed by atoms with van der Waals surface area (Å²) in [6.07, 6.45) is 3.13. The first-order valence-corrected chi connectivity index (χ1v) is 7.24.